The molecule has 14 heavy (non-hydrogen) atoms. The van der Waals surface area contributed by atoms with Gasteiger partial charge in [0.2, 0.25) is 5.95 Å². The van der Waals surface area contributed by atoms with E-state index in [0.29, 0.717) is 12.1 Å². The SMILES string of the molecule is CCn1ccnc1N(C)C1CC(N)C1. The molecule has 78 valence electrons. The Balaban J connectivity index is 2.07. The molecular weight excluding hydrogens is 176 g/mol. The smallest absolute Gasteiger partial charge is 0.205 e. The van der Waals surface area contributed by atoms with Crippen molar-refractivity contribution in [2.24, 2.45) is 5.73 Å². The summed E-state index contributed by atoms with van der Waals surface area (Å²) in [5.74, 6) is 1.06. The zero-order valence-corrected chi connectivity index (χ0v) is 8.85. The van der Waals surface area contributed by atoms with E-state index in [0.717, 1.165) is 25.3 Å². The van der Waals surface area contributed by atoms with Crippen molar-refractivity contribution in [2.45, 2.75) is 38.4 Å². The van der Waals surface area contributed by atoms with E-state index in [1.54, 1.807) is 0 Å². The molecule has 0 atom stereocenters. The molecule has 0 bridgehead atoms. The van der Waals surface area contributed by atoms with E-state index in [2.05, 4.69) is 28.4 Å². The minimum absolute atomic E-state index is 0.396. The van der Waals surface area contributed by atoms with Gasteiger partial charge in [0.05, 0.1) is 0 Å². The van der Waals surface area contributed by atoms with Gasteiger partial charge in [0.15, 0.2) is 0 Å². The average Bonchev–Trinajstić information content (AvgIpc) is 2.59. The summed E-state index contributed by atoms with van der Waals surface area (Å²) in [6.07, 6.45) is 6.05. The first-order valence-electron chi connectivity index (χ1n) is 5.22. The number of nitrogens with two attached hydrogens (primary N) is 1. The number of hydrogen-bond donors (Lipinski definition) is 1. The van der Waals surface area contributed by atoms with Gasteiger partial charge in [0.1, 0.15) is 0 Å². The van der Waals surface area contributed by atoms with E-state index < -0.39 is 0 Å². The zero-order chi connectivity index (χ0) is 10.1. The molecule has 0 radical (unpaired) electrons. The lowest BCUT2D eigenvalue weighted by Gasteiger charge is -2.39. The third-order valence-electron chi connectivity index (χ3n) is 3.05. The van der Waals surface area contributed by atoms with Crippen LogP contribution in [0.1, 0.15) is 19.8 Å². The molecule has 1 aliphatic rings. The minimum Gasteiger partial charge on any atom is -0.342 e. The second-order valence-electron chi connectivity index (χ2n) is 4.01. The van der Waals surface area contributed by atoms with Crippen molar-refractivity contribution in [3.05, 3.63) is 12.4 Å². The number of imidazole rings is 1. The van der Waals surface area contributed by atoms with Crippen LogP contribution in [0.15, 0.2) is 12.4 Å². The van der Waals surface area contributed by atoms with Crippen LogP contribution in [-0.4, -0.2) is 28.7 Å². The number of nitrogens with zero attached hydrogens (tertiary/aromatic N) is 3. The number of aryl methyl sites for hydroxylation is 1. The van der Waals surface area contributed by atoms with Gasteiger partial charge in [-0.3, -0.25) is 0 Å². The van der Waals surface area contributed by atoms with Gasteiger partial charge in [0, 0.05) is 38.1 Å². The third-order valence-corrected chi connectivity index (χ3v) is 3.05. The molecule has 1 aromatic rings. The van der Waals surface area contributed by atoms with Gasteiger partial charge in [-0.2, -0.15) is 0 Å². The normalized spacial score (nSPS) is 25.9. The Morgan fingerprint density at radius 2 is 2.36 bits per heavy atom. The van der Waals surface area contributed by atoms with E-state index in [-0.39, 0.29) is 0 Å². The Morgan fingerprint density at radius 1 is 1.64 bits per heavy atom. The van der Waals surface area contributed by atoms with Crippen molar-refractivity contribution in [1.29, 1.82) is 0 Å². The summed E-state index contributed by atoms with van der Waals surface area (Å²) < 4.78 is 2.16. The number of aromatic nitrogens is 2. The zero-order valence-electron chi connectivity index (χ0n) is 8.85. The third kappa shape index (κ3) is 1.50. The van der Waals surface area contributed by atoms with Gasteiger partial charge in [-0.1, -0.05) is 0 Å². The van der Waals surface area contributed by atoms with Crippen LogP contribution < -0.4 is 10.6 Å². The highest BCUT2D eigenvalue weighted by atomic mass is 15.3. The van der Waals surface area contributed by atoms with E-state index in [1.165, 1.54) is 0 Å². The highest BCUT2D eigenvalue weighted by Gasteiger charge is 2.30. The molecule has 1 saturated carbocycles. The van der Waals surface area contributed by atoms with Crippen molar-refractivity contribution < 1.29 is 0 Å². The molecule has 2 rings (SSSR count). The van der Waals surface area contributed by atoms with E-state index in [1.807, 2.05) is 12.4 Å². The minimum atomic E-state index is 0.396. The molecule has 2 N–H and O–H groups in total. The molecule has 0 amide bonds. The van der Waals surface area contributed by atoms with Crippen LogP contribution in [0.5, 0.6) is 0 Å². The molecule has 1 fully saturated rings. The Labute approximate surface area is 84.7 Å². The fourth-order valence-electron chi connectivity index (χ4n) is 1.97. The van der Waals surface area contributed by atoms with Crippen LogP contribution >= 0.6 is 0 Å². The second-order valence-corrected chi connectivity index (χ2v) is 4.01. The summed E-state index contributed by atoms with van der Waals surface area (Å²) in [7, 11) is 2.10. The summed E-state index contributed by atoms with van der Waals surface area (Å²) in [5, 5.41) is 0. The van der Waals surface area contributed by atoms with Gasteiger partial charge < -0.3 is 15.2 Å². The fourth-order valence-corrected chi connectivity index (χ4v) is 1.97. The predicted octanol–water partition coefficient (Wildman–Crippen LogP) is 0.829. The van der Waals surface area contributed by atoms with Crippen LogP contribution in [0.3, 0.4) is 0 Å². The molecule has 1 aliphatic carbocycles. The van der Waals surface area contributed by atoms with E-state index >= 15 is 0 Å². The molecule has 4 nitrogen and oxygen atoms in total. The summed E-state index contributed by atoms with van der Waals surface area (Å²) in [4.78, 5) is 6.61. The summed E-state index contributed by atoms with van der Waals surface area (Å²) in [6, 6.07) is 0.977. The Bertz CT molecular complexity index is 301. The van der Waals surface area contributed by atoms with Gasteiger partial charge in [-0.25, -0.2) is 4.98 Å². The Kier molecular flexibility index (Phi) is 2.46. The fraction of sp³-hybridized carbons (Fsp3) is 0.700. The lowest BCUT2D eigenvalue weighted by atomic mass is 9.87. The maximum absolute atomic E-state index is 5.78. The molecule has 0 unspecified atom stereocenters. The van der Waals surface area contributed by atoms with Crippen molar-refractivity contribution in [3.8, 4) is 0 Å². The topological polar surface area (TPSA) is 47.1 Å². The number of hydrogen-bond acceptors (Lipinski definition) is 3. The molecule has 0 aliphatic heterocycles. The average molecular weight is 194 g/mol. The largest absolute Gasteiger partial charge is 0.342 e. The first-order valence-corrected chi connectivity index (χ1v) is 5.22. The van der Waals surface area contributed by atoms with Gasteiger partial charge in [-0.05, 0) is 19.8 Å². The van der Waals surface area contributed by atoms with Gasteiger partial charge >= 0.3 is 0 Å². The van der Waals surface area contributed by atoms with Gasteiger partial charge in [0.25, 0.3) is 0 Å². The maximum Gasteiger partial charge on any atom is 0.205 e. The molecule has 0 saturated heterocycles. The quantitative estimate of drug-likeness (QED) is 0.775. The highest BCUT2D eigenvalue weighted by Crippen LogP contribution is 2.26. The lowest BCUT2D eigenvalue weighted by Crippen LogP contribution is -2.50. The maximum atomic E-state index is 5.78. The van der Waals surface area contributed by atoms with E-state index in [9.17, 15) is 0 Å². The van der Waals surface area contributed by atoms with Crippen LogP contribution in [0.4, 0.5) is 5.95 Å². The highest BCUT2D eigenvalue weighted by molar-refractivity contribution is 5.33. The molecular formula is C10H18N4. The Morgan fingerprint density at radius 3 is 2.93 bits per heavy atom. The lowest BCUT2D eigenvalue weighted by molar-refractivity contribution is 0.335. The van der Waals surface area contributed by atoms with Crippen LogP contribution in [0, 0.1) is 0 Å². The predicted molar refractivity (Wildman–Crippen MR) is 57.3 cm³/mol. The summed E-state index contributed by atoms with van der Waals surface area (Å²) >= 11 is 0. The van der Waals surface area contributed by atoms with Crippen molar-refractivity contribution in [2.75, 3.05) is 11.9 Å². The molecule has 4 heteroatoms. The summed E-state index contributed by atoms with van der Waals surface area (Å²) in [6.45, 7) is 3.10. The molecule has 1 aromatic heterocycles. The molecule has 0 aromatic carbocycles. The standard InChI is InChI=1S/C10H18N4/c1-3-14-5-4-12-10(14)13(2)9-6-8(11)7-9/h4-5,8-9H,3,6-7,11H2,1-2H3. The second kappa shape index (κ2) is 3.61. The Hall–Kier alpha value is -1.03. The van der Waals surface area contributed by atoms with E-state index in [4.69, 9.17) is 5.73 Å². The molecule has 0 spiro atoms. The first-order chi connectivity index (χ1) is 6.72. The summed E-state index contributed by atoms with van der Waals surface area (Å²) in [5.41, 5.74) is 5.78. The first kappa shape index (κ1) is 9.52. The van der Waals surface area contributed by atoms with Crippen molar-refractivity contribution in [1.82, 2.24) is 9.55 Å². The molecule has 1 heterocycles. The van der Waals surface area contributed by atoms with Crippen LogP contribution in [-0.2, 0) is 6.54 Å². The van der Waals surface area contributed by atoms with Crippen molar-refractivity contribution >= 4 is 5.95 Å². The van der Waals surface area contributed by atoms with Crippen molar-refractivity contribution in [3.63, 3.8) is 0 Å². The monoisotopic (exact) mass is 194 g/mol. The van der Waals surface area contributed by atoms with Crippen LogP contribution in [0.2, 0.25) is 0 Å². The number of rotatable bonds is 3. The van der Waals surface area contributed by atoms with Gasteiger partial charge in [-0.15, -0.1) is 0 Å². The number of anilines is 1. The van der Waals surface area contributed by atoms with Crippen LogP contribution in [0.25, 0.3) is 0 Å².